The van der Waals surface area contributed by atoms with Crippen molar-refractivity contribution in [2.24, 2.45) is 0 Å². The topological polar surface area (TPSA) is 42.2 Å². The normalized spacial score (nSPS) is 11.2. The van der Waals surface area contributed by atoms with Gasteiger partial charge < -0.3 is 9.47 Å². The van der Waals surface area contributed by atoms with Gasteiger partial charge in [-0.25, -0.2) is 0 Å². The molecule has 0 amide bonds. The van der Waals surface area contributed by atoms with Crippen LogP contribution in [-0.4, -0.2) is 7.11 Å². The third-order valence-electron chi connectivity index (χ3n) is 5.30. The summed E-state index contributed by atoms with van der Waals surface area (Å²) in [6, 6.07) is 28.7. The number of ether oxygens (including phenoxy) is 2. The van der Waals surface area contributed by atoms with Crippen LogP contribution in [0.4, 0.5) is 0 Å². The number of aryl methyl sites for hydroxylation is 1. The van der Waals surface area contributed by atoms with E-state index in [0.717, 1.165) is 25.8 Å². The molecule has 0 N–H and O–H groups in total. The van der Waals surface area contributed by atoms with Gasteiger partial charge in [0.25, 0.3) is 0 Å². The Bertz CT molecular complexity index is 1330. The molecule has 4 aromatic carbocycles. The minimum Gasteiger partial charge on any atom is -0.493 e. The molecule has 0 atom stereocenters. The molecule has 0 radical (unpaired) electrons. The fourth-order valence-corrected chi connectivity index (χ4v) is 4.39. The lowest BCUT2D eigenvalue weighted by atomic mass is 10.0. The number of benzene rings is 4. The molecule has 0 heterocycles. The van der Waals surface area contributed by atoms with Crippen LogP contribution in [-0.2, 0) is 6.61 Å². The van der Waals surface area contributed by atoms with E-state index >= 15 is 0 Å². The zero-order valence-corrected chi connectivity index (χ0v) is 20.1. The van der Waals surface area contributed by atoms with Crippen LogP contribution < -0.4 is 9.47 Å². The Morgan fingerprint density at radius 1 is 1.00 bits per heavy atom. The molecule has 0 aliphatic heterocycles. The number of hydrogen-bond donors (Lipinski definition) is 0. The number of nitriles is 1. The highest BCUT2D eigenvalue weighted by Crippen LogP contribution is 2.36. The summed E-state index contributed by atoms with van der Waals surface area (Å²) in [5.74, 6) is 1.34. The van der Waals surface area contributed by atoms with Crippen molar-refractivity contribution in [1.82, 2.24) is 0 Å². The van der Waals surface area contributed by atoms with E-state index < -0.39 is 0 Å². The molecule has 4 heteroatoms. The van der Waals surface area contributed by atoms with Gasteiger partial charge >= 0.3 is 0 Å². The van der Waals surface area contributed by atoms with Crippen LogP contribution in [0.2, 0.25) is 0 Å². The van der Waals surface area contributed by atoms with Gasteiger partial charge in [-0.05, 0) is 75.2 Å². The zero-order valence-electron chi connectivity index (χ0n) is 17.9. The SMILES string of the molecule is COc1cc(/C=C(\C#N)c2ccc(C)cc2)cc(I)c1OCc1cccc2ccccc12. The summed E-state index contributed by atoms with van der Waals surface area (Å²) >= 11 is 2.26. The van der Waals surface area contributed by atoms with Crippen LogP contribution >= 0.6 is 22.6 Å². The predicted molar refractivity (Wildman–Crippen MR) is 139 cm³/mol. The highest BCUT2D eigenvalue weighted by atomic mass is 127. The number of rotatable bonds is 6. The molecule has 0 unspecified atom stereocenters. The molecule has 0 fully saturated rings. The average Bonchev–Trinajstić information content (AvgIpc) is 2.82. The first-order valence-electron chi connectivity index (χ1n) is 10.2. The van der Waals surface area contributed by atoms with Crippen LogP contribution in [0.1, 0.15) is 22.3 Å². The minimum atomic E-state index is 0.440. The lowest BCUT2D eigenvalue weighted by Crippen LogP contribution is -2.01. The Kier molecular flexibility index (Phi) is 6.77. The summed E-state index contributed by atoms with van der Waals surface area (Å²) in [4.78, 5) is 0. The Morgan fingerprint density at radius 2 is 1.75 bits per heavy atom. The number of nitrogens with zero attached hydrogens (tertiary/aromatic N) is 1. The molecule has 4 rings (SSSR count). The van der Waals surface area contributed by atoms with Crippen LogP contribution in [0, 0.1) is 21.8 Å². The van der Waals surface area contributed by atoms with Gasteiger partial charge in [0.05, 0.1) is 22.3 Å². The van der Waals surface area contributed by atoms with E-state index in [0.29, 0.717) is 23.7 Å². The smallest absolute Gasteiger partial charge is 0.174 e. The molecule has 32 heavy (non-hydrogen) atoms. The Labute approximate surface area is 202 Å². The van der Waals surface area contributed by atoms with Crippen LogP contribution in [0.25, 0.3) is 22.4 Å². The fraction of sp³-hybridized carbons (Fsp3) is 0.107. The van der Waals surface area contributed by atoms with E-state index in [9.17, 15) is 5.26 Å². The molecule has 0 saturated heterocycles. The third kappa shape index (κ3) is 4.79. The molecule has 0 spiro atoms. The molecule has 158 valence electrons. The third-order valence-corrected chi connectivity index (χ3v) is 6.10. The van der Waals surface area contributed by atoms with Gasteiger partial charge in [0, 0.05) is 0 Å². The van der Waals surface area contributed by atoms with Crippen molar-refractivity contribution in [3.05, 3.63) is 105 Å². The molecular weight excluding hydrogens is 509 g/mol. The number of hydrogen-bond acceptors (Lipinski definition) is 3. The molecule has 4 aromatic rings. The predicted octanol–water partition coefficient (Wildman–Crippen LogP) is 7.40. The lowest BCUT2D eigenvalue weighted by Gasteiger charge is -2.15. The molecule has 0 saturated carbocycles. The Morgan fingerprint density at radius 3 is 2.50 bits per heavy atom. The maximum atomic E-state index is 9.68. The second-order valence-electron chi connectivity index (χ2n) is 7.50. The monoisotopic (exact) mass is 531 g/mol. The van der Waals surface area contributed by atoms with Gasteiger partial charge in [-0.2, -0.15) is 5.26 Å². The Hall–Kier alpha value is -3.30. The number of halogens is 1. The lowest BCUT2D eigenvalue weighted by molar-refractivity contribution is 0.283. The first-order chi connectivity index (χ1) is 15.6. The van der Waals surface area contributed by atoms with E-state index in [1.54, 1.807) is 7.11 Å². The summed E-state index contributed by atoms with van der Waals surface area (Å²) < 4.78 is 12.8. The van der Waals surface area contributed by atoms with Gasteiger partial charge in [0.2, 0.25) is 0 Å². The molecule has 0 aliphatic carbocycles. The van der Waals surface area contributed by atoms with E-state index in [1.165, 1.54) is 10.8 Å². The van der Waals surface area contributed by atoms with Crippen LogP contribution in [0.3, 0.4) is 0 Å². The summed E-state index contributed by atoms with van der Waals surface area (Å²) in [5, 5.41) is 12.1. The van der Waals surface area contributed by atoms with E-state index in [4.69, 9.17) is 9.47 Å². The van der Waals surface area contributed by atoms with Crippen molar-refractivity contribution < 1.29 is 9.47 Å². The summed E-state index contributed by atoms with van der Waals surface area (Å²) in [6.45, 7) is 2.47. The maximum Gasteiger partial charge on any atom is 0.174 e. The Balaban J connectivity index is 1.63. The van der Waals surface area contributed by atoms with Crippen molar-refractivity contribution in [1.29, 1.82) is 5.26 Å². The first kappa shape index (κ1) is 21.9. The average molecular weight is 531 g/mol. The maximum absolute atomic E-state index is 9.68. The quantitative estimate of drug-likeness (QED) is 0.148. The van der Waals surface area contributed by atoms with Crippen LogP contribution in [0.5, 0.6) is 11.5 Å². The van der Waals surface area contributed by atoms with Crippen molar-refractivity contribution in [2.75, 3.05) is 7.11 Å². The molecule has 0 aliphatic rings. The summed E-state index contributed by atoms with van der Waals surface area (Å²) in [7, 11) is 1.63. The second kappa shape index (κ2) is 9.88. The number of methoxy groups -OCH3 is 1. The van der Waals surface area contributed by atoms with E-state index in [1.807, 2.05) is 67.6 Å². The van der Waals surface area contributed by atoms with Gasteiger partial charge in [-0.3, -0.25) is 0 Å². The molecule has 3 nitrogen and oxygen atoms in total. The van der Waals surface area contributed by atoms with E-state index in [-0.39, 0.29) is 0 Å². The highest BCUT2D eigenvalue weighted by molar-refractivity contribution is 14.1. The van der Waals surface area contributed by atoms with Gasteiger partial charge in [-0.15, -0.1) is 0 Å². The second-order valence-corrected chi connectivity index (χ2v) is 8.66. The van der Waals surface area contributed by atoms with Crippen molar-refractivity contribution in [3.8, 4) is 17.6 Å². The highest BCUT2D eigenvalue weighted by Gasteiger charge is 2.13. The number of fused-ring (bicyclic) bond motifs is 1. The van der Waals surface area contributed by atoms with Crippen LogP contribution in [0.15, 0.2) is 78.9 Å². The summed E-state index contributed by atoms with van der Waals surface area (Å²) in [5.41, 5.74) is 4.67. The fourth-order valence-electron chi connectivity index (χ4n) is 3.61. The van der Waals surface area contributed by atoms with Crippen molar-refractivity contribution in [2.45, 2.75) is 13.5 Å². The van der Waals surface area contributed by atoms with Crippen molar-refractivity contribution >= 4 is 45.0 Å². The minimum absolute atomic E-state index is 0.440. The molecule has 0 bridgehead atoms. The zero-order chi connectivity index (χ0) is 22.5. The van der Waals surface area contributed by atoms with Crippen molar-refractivity contribution in [3.63, 3.8) is 0 Å². The standard InChI is InChI=1S/C28H22INO2/c1-19-10-12-21(13-11-19)24(17-30)14-20-15-26(29)28(27(16-20)31-2)32-18-23-8-5-7-22-6-3-4-9-25(22)23/h3-16H,18H2,1-2H3/b24-14+. The first-order valence-corrected chi connectivity index (χ1v) is 11.3. The van der Waals surface area contributed by atoms with Gasteiger partial charge in [0.15, 0.2) is 11.5 Å². The number of allylic oxidation sites excluding steroid dienone is 1. The molecule has 0 aromatic heterocycles. The summed E-state index contributed by atoms with van der Waals surface area (Å²) in [6.07, 6.45) is 1.88. The van der Waals surface area contributed by atoms with Gasteiger partial charge in [0.1, 0.15) is 6.61 Å². The molecular formula is C28H22INO2. The van der Waals surface area contributed by atoms with E-state index in [2.05, 4.69) is 52.9 Å². The van der Waals surface area contributed by atoms with Gasteiger partial charge in [-0.1, -0.05) is 72.3 Å². The largest absolute Gasteiger partial charge is 0.493 e.